The number of aromatic nitrogens is 1. The molecule has 0 saturated carbocycles. The number of amides is 1. The van der Waals surface area contributed by atoms with Crippen molar-refractivity contribution in [3.8, 4) is 0 Å². The summed E-state index contributed by atoms with van der Waals surface area (Å²) in [7, 11) is -3.02. The van der Waals surface area contributed by atoms with Gasteiger partial charge >= 0.3 is 0 Å². The molecule has 0 fully saturated rings. The Balaban J connectivity index is 2.43. The summed E-state index contributed by atoms with van der Waals surface area (Å²) < 4.78 is 21.7. The van der Waals surface area contributed by atoms with E-state index in [2.05, 4.69) is 10.3 Å². The number of nitrogens with zero attached hydrogens (tertiary/aromatic N) is 1. The minimum absolute atomic E-state index is 0.00118. The molecule has 0 unspecified atom stereocenters. The second-order valence-corrected chi connectivity index (χ2v) is 6.24. The first kappa shape index (κ1) is 13.9. The van der Waals surface area contributed by atoms with Crippen LogP contribution >= 0.6 is 11.6 Å². The van der Waals surface area contributed by atoms with Crippen LogP contribution in [0.2, 0.25) is 5.15 Å². The van der Waals surface area contributed by atoms with Crippen molar-refractivity contribution in [2.45, 2.75) is 12.8 Å². The Bertz CT molecular complexity index is 502. The maximum atomic E-state index is 11.5. The van der Waals surface area contributed by atoms with Crippen LogP contribution in [0.15, 0.2) is 18.3 Å². The summed E-state index contributed by atoms with van der Waals surface area (Å²) in [4.78, 5) is 15.3. The molecule has 1 aromatic heterocycles. The highest BCUT2D eigenvalue weighted by Gasteiger charge is 2.08. The van der Waals surface area contributed by atoms with Gasteiger partial charge in [-0.3, -0.25) is 4.79 Å². The predicted octanol–water partition coefficient (Wildman–Crippen LogP) is 1.50. The topological polar surface area (TPSA) is 76.1 Å². The maximum Gasteiger partial charge on any atom is 0.224 e. The molecule has 5 nitrogen and oxygen atoms in total. The average molecular weight is 277 g/mol. The molecule has 1 rings (SSSR count). The van der Waals surface area contributed by atoms with Crippen LogP contribution in [-0.4, -0.2) is 31.3 Å². The van der Waals surface area contributed by atoms with E-state index < -0.39 is 9.84 Å². The van der Waals surface area contributed by atoms with Crippen LogP contribution in [0.4, 0.5) is 5.69 Å². The number of carbonyl (C=O) groups excluding carboxylic acids is 1. The Morgan fingerprint density at radius 1 is 1.53 bits per heavy atom. The lowest BCUT2D eigenvalue weighted by molar-refractivity contribution is -0.116. The quantitative estimate of drug-likeness (QED) is 0.827. The molecule has 0 atom stereocenters. The van der Waals surface area contributed by atoms with Crippen LogP contribution in [0.25, 0.3) is 0 Å². The molecule has 0 aliphatic carbocycles. The molecule has 94 valence electrons. The Morgan fingerprint density at radius 2 is 2.24 bits per heavy atom. The predicted molar refractivity (Wildman–Crippen MR) is 66.8 cm³/mol. The first-order valence-corrected chi connectivity index (χ1v) is 7.40. The van der Waals surface area contributed by atoms with Crippen molar-refractivity contribution in [3.05, 3.63) is 23.5 Å². The van der Waals surface area contributed by atoms with Gasteiger partial charge in [0, 0.05) is 18.9 Å². The van der Waals surface area contributed by atoms with Crippen molar-refractivity contribution in [2.75, 3.05) is 17.3 Å². The van der Waals surface area contributed by atoms with Gasteiger partial charge in [-0.1, -0.05) is 11.6 Å². The Labute approximate surface area is 105 Å². The van der Waals surface area contributed by atoms with E-state index in [1.807, 2.05) is 0 Å². The molecule has 17 heavy (non-hydrogen) atoms. The number of hydrogen-bond donors (Lipinski definition) is 1. The molecule has 0 saturated heterocycles. The lowest BCUT2D eigenvalue weighted by Gasteiger charge is -2.05. The summed E-state index contributed by atoms with van der Waals surface area (Å²) in [6.45, 7) is 0. The fourth-order valence-electron chi connectivity index (χ4n) is 1.19. The zero-order valence-electron chi connectivity index (χ0n) is 9.31. The van der Waals surface area contributed by atoms with Crippen molar-refractivity contribution in [1.82, 2.24) is 4.98 Å². The van der Waals surface area contributed by atoms with Crippen LogP contribution in [0, 0.1) is 0 Å². The number of sulfone groups is 1. The molecule has 0 aromatic carbocycles. The third-order valence-electron chi connectivity index (χ3n) is 1.95. The lowest BCUT2D eigenvalue weighted by Crippen LogP contribution is -2.14. The highest BCUT2D eigenvalue weighted by Crippen LogP contribution is 2.17. The van der Waals surface area contributed by atoms with Crippen LogP contribution < -0.4 is 5.32 Å². The molecule has 7 heteroatoms. The standard InChI is InChI=1S/C10H13ClN2O3S/c1-17(15,16)7-3-5-9(14)13-8-4-2-6-12-10(8)11/h2,4,6H,3,5,7H2,1H3,(H,13,14). The molecule has 1 aromatic rings. The van der Waals surface area contributed by atoms with E-state index in [0.29, 0.717) is 12.1 Å². The number of hydrogen-bond acceptors (Lipinski definition) is 4. The van der Waals surface area contributed by atoms with Gasteiger partial charge < -0.3 is 5.32 Å². The third-order valence-corrected chi connectivity index (χ3v) is 3.28. The van der Waals surface area contributed by atoms with Gasteiger partial charge in [0.25, 0.3) is 0 Å². The van der Waals surface area contributed by atoms with Crippen molar-refractivity contribution >= 4 is 33.0 Å². The highest BCUT2D eigenvalue weighted by atomic mass is 35.5. The van der Waals surface area contributed by atoms with Gasteiger partial charge in [0.1, 0.15) is 9.84 Å². The molecule has 1 amide bonds. The molecule has 0 aliphatic heterocycles. The van der Waals surface area contributed by atoms with Crippen molar-refractivity contribution < 1.29 is 13.2 Å². The fourth-order valence-corrected chi connectivity index (χ4v) is 2.02. The first-order chi connectivity index (χ1) is 7.88. The Hall–Kier alpha value is -1.14. The summed E-state index contributed by atoms with van der Waals surface area (Å²) >= 11 is 5.75. The van der Waals surface area contributed by atoms with E-state index in [1.165, 1.54) is 6.20 Å². The number of halogens is 1. The minimum Gasteiger partial charge on any atom is -0.323 e. The van der Waals surface area contributed by atoms with E-state index >= 15 is 0 Å². The number of rotatable bonds is 5. The molecular weight excluding hydrogens is 264 g/mol. The van der Waals surface area contributed by atoms with Crippen molar-refractivity contribution in [1.29, 1.82) is 0 Å². The van der Waals surface area contributed by atoms with E-state index in [-0.39, 0.29) is 23.2 Å². The largest absolute Gasteiger partial charge is 0.323 e. The van der Waals surface area contributed by atoms with Gasteiger partial charge in [-0.15, -0.1) is 0 Å². The van der Waals surface area contributed by atoms with Gasteiger partial charge in [-0.05, 0) is 18.6 Å². The number of pyridine rings is 1. The van der Waals surface area contributed by atoms with E-state index in [1.54, 1.807) is 12.1 Å². The summed E-state index contributed by atoms with van der Waals surface area (Å²) in [5, 5.41) is 2.78. The van der Waals surface area contributed by atoms with Crippen LogP contribution in [0.3, 0.4) is 0 Å². The number of carbonyl (C=O) groups is 1. The second-order valence-electron chi connectivity index (χ2n) is 3.62. The minimum atomic E-state index is -3.02. The normalized spacial score (nSPS) is 11.2. The summed E-state index contributed by atoms with van der Waals surface area (Å²) in [5.74, 6) is -0.273. The zero-order chi connectivity index (χ0) is 12.9. The van der Waals surface area contributed by atoms with Gasteiger partial charge in [0.15, 0.2) is 5.15 Å². The Morgan fingerprint density at radius 3 is 2.82 bits per heavy atom. The van der Waals surface area contributed by atoms with Gasteiger partial charge in [-0.25, -0.2) is 13.4 Å². The molecule has 1 N–H and O–H groups in total. The van der Waals surface area contributed by atoms with Gasteiger partial charge in [0.05, 0.1) is 11.4 Å². The summed E-state index contributed by atoms with van der Waals surface area (Å²) in [6, 6.07) is 3.28. The summed E-state index contributed by atoms with van der Waals surface area (Å²) in [5.41, 5.74) is 0.429. The monoisotopic (exact) mass is 276 g/mol. The number of anilines is 1. The first-order valence-electron chi connectivity index (χ1n) is 4.96. The molecule has 0 aliphatic rings. The maximum absolute atomic E-state index is 11.5. The molecular formula is C10H13ClN2O3S. The number of nitrogens with one attached hydrogen (secondary N) is 1. The van der Waals surface area contributed by atoms with Crippen molar-refractivity contribution in [3.63, 3.8) is 0 Å². The van der Waals surface area contributed by atoms with Crippen LogP contribution in [-0.2, 0) is 14.6 Å². The lowest BCUT2D eigenvalue weighted by atomic mass is 10.3. The molecule has 1 heterocycles. The van der Waals surface area contributed by atoms with Gasteiger partial charge in [-0.2, -0.15) is 0 Å². The zero-order valence-corrected chi connectivity index (χ0v) is 10.9. The average Bonchev–Trinajstić information content (AvgIpc) is 2.19. The van der Waals surface area contributed by atoms with Crippen molar-refractivity contribution in [2.24, 2.45) is 0 Å². The summed E-state index contributed by atoms with van der Waals surface area (Å²) in [6.07, 6.45) is 3.09. The van der Waals surface area contributed by atoms with Gasteiger partial charge in [0.2, 0.25) is 5.91 Å². The highest BCUT2D eigenvalue weighted by molar-refractivity contribution is 7.90. The van der Waals surface area contributed by atoms with E-state index in [9.17, 15) is 13.2 Å². The van der Waals surface area contributed by atoms with E-state index in [0.717, 1.165) is 6.26 Å². The smallest absolute Gasteiger partial charge is 0.224 e. The van der Waals surface area contributed by atoms with Crippen LogP contribution in [0.1, 0.15) is 12.8 Å². The fraction of sp³-hybridized carbons (Fsp3) is 0.400. The Kier molecular flexibility index (Phi) is 4.89. The second kappa shape index (κ2) is 5.97. The molecule has 0 bridgehead atoms. The van der Waals surface area contributed by atoms with E-state index in [4.69, 9.17) is 11.6 Å². The molecule has 0 spiro atoms. The molecule has 0 radical (unpaired) electrons. The SMILES string of the molecule is CS(=O)(=O)CCCC(=O)Nc1cccnc1Cl. The third kappa shape index (κ3) is 5.65. The van der Waals surface area contributed by atoms with Crippen LogP contribution in [0.5, 0.6) is 0 Å².